The molecule has 2 N–H and O–H groups in total. The van der Waals surface area contributed by atoms with Crippen molar-refractivity contribution in [2.75, 3.05) is 0 Å². The van der Waals surface area contributed by atoms with Crippen molar-refractivity contribution in [1.82, 2.24) is 10.9 Å². The van der Waals surface area contributed by atoms with Crippen LogP contribution in [0, 0.1) is 0 Å². The lowest BCUT2D eigenvalue weighted by Crippen LogP contribution is -2.40. The van der Waals surface area contributed by atoms with Crippen LogP contribution in [0.1, 0.15) is 14.5 Å². The molecule has 116 valence electrons. The van der Waals surface area contributed by atoms with Gasteiger partial charge in [-0.3, -0.25) is 20.4 Å². The third kappa shape index (κ3) is 3.61. The van der Waals surface area contributed by atoms with Crippen molar-refractivity contribution in [3.63, 3.8) is 0 Å². The van der Waals surface area contributed by atoms with Crippen LogP contribution in [0.15, 0.2) is 47.9 Å². The number of thiophene rings is 2. The van der Waals surface area contributed by atoms with E-state index >= 15 is 0 Å². The van der Waals surface area contributed by atoms with E-state index in [4.69, 9.17) is 11.6 Å². The van der Waals surface area contributed by atoms with Gasteiger partial charge in [-0.15, -0.1) is 22.7 Å². The highest BCUT2D eigenvalue weighted by Gasteiger charge is 2.16. The van der Waals surface area contributed by atoms with E-state index < -0.39 is 11.8 Å². The van der Waals surface area contributed by atoms with Crippen molar-refractivity contribution in [2.45, 2.75) is 0 Å². The summed E-state index contributed by atoms with van der Waals surface area (Å²) >= 11 is 9.02. The molecule has 0 atom stereocenters. The summed E-state index contributed by atoms with van der Waals surface area (Å²) in [5, 5.41) is 3.14. The van der Waals surface area contributed by atoms with Gasteiger partial charge in [0, 0.05) is 21.0 Å². The maximum Gasteiger partial charge on any atom is 0.281 e. The largest absolute Gasteiger partial charge is 0.281 e. The highest BCUT2D eigenvalue weighted by molar-refractivity contribution is 7.21. The summed E-state index contributed by atoms with van der Waals surface area (Å²) in [5.74, 6) is -0.849. The number of nitrogens with one attached hydrogen (secondary N) is 2. The molecular formula is C16H11ClN2O2S2. The Kier molecular flexibility index (Phi) is 4.76. The Labute approximate surface area is 145 Å². The zero-order chi connectivity index (χ0) is 16.2. The average Bonchev–Trinajstić information content (AvgIpc) is 3.19. The van der Waals surface area contributed by atoms with E-state index in [2.05, 4.69) is 10.9 Å². The first-order valence-corrected chi connectivity index (χ1v) is 8.71. The molecule has 7 heteroatoms. The van der Waals surface area contributed by atoms with Gasteiger partial charge >= 0.3 is 0 Å². The third-order valence-corrected chi connectivity index (χ3v) is 5.49. The van der Waals surface area contributed by atoms with E-state index in [9.17, 15) is 9.59 Å². The number of carbonyl (C=O) groups excluding carboxylic acids is 2. The maximum atomic E-state index is 12.2. The Morgan fingerprint density at radius 1 is 1.09 bits per heavy atom. The number of fused-ring (bicyclic) bond motifs is 1. The van der Waals surface area contributed by atoms with Crippen molar-refractivity contribution in [1.29, 1.82) is 0 Å². The highest BCUT2D eigenvalue weighted by Crippen LogP contribution is 2.34. The number of rotatable bonds is 3. The minimum atomic E-state index is -0.436. The van der Waals surface area contributed by atoms with Crippen LogP contribution in [0.4, 0.5) is 0 Å². The quantitative estimate of drug-likeness (QED) is 0.544. The Hall–Kier alpha value is -2.15. The summed E-state index contributed by atoms with van der Waals surface area (Å²) in [6.45, 7) is 0. The maximum absolute atomic E-state index is 12.2. The Bertz CT molecular complexity index is 885. The van der Waals surface area contributed by atoms with E-state index in [0.29, 0.717) is 9.90 Å². The SMILES string of the molecule is O=C(/C=C/c1cccs1)NNC(=O)c1sc2ccccc2c1Cl. The van der Waals surface area contributed by atoms with Crippen LogP contribution >= 0.6 is 34.3 Å². The van der Waals surface area contributed by atoms with Crippen LogP contribution in [-0.4, -0.2) is 11.8 Å². The molecular weight excluding hydrogens is 352 g/mol. The fourth-order valence-corrected chi connectivity index (χ4v) is 3.95. The highest BCUT2D eigenvalue weighted by atomic mass is 35.5. The van der Waals surface area contributed by atoms with Gasteiger partial charge in [0.25, 0.3) is 11.8 Å². The smallest absolute Gasteiger partial charge is 0.268 e. The van der Waals surface area contributed by atoms with E-state index in [1.54, 1.807) is 6.08 Å². The molecule has 0 aliphatic rings. The third-order valence-electron chi connectivity index (χ3n) is 2.98. The van der Waals surface area contributed by atoms with E-state index in [-0.39, 0.29) is 0 Å². The van der Waals surface area contributed by atoms with Gasteiger partial charge < -0.3 is 0 Å². The zero-order valence-electron chi connectivity index (χ0n) is 11.7. The lowest BCUT2D eigenvalue weighted by molar-refractivity contribution is -0.117. The summed E-state index contributed by atoms with van der Waals surface area (Å²) in [6.07, 6.45) is 3.04. The first-order chi connectivity index (χ1) is 11.1. The van der Waals surface area contributed by atoms with Crippen molar-refractivity contribution >= 4 is 62.3 Å². The first kappa shape index (κ1) is 15.7. The lowest BCUT2D eigenvalue weighted by Gasteiger charge is -2.03. The number of hydrogen-bond donors (Lipinski definition) is 2. The van der Waals surface area contributed by atoms with Gasteiger partial charge in [-0.1, -0.05) is 35.9 Å². The van der Waals surface area contributed by atoms with Crippen molar-refractivity contribution < 1.29 is 9.59 Å². The molecule has 23 heavy (non-hydrogen) atoms. The van der Waals surface area contributed by atoms with Gasteiger partial charge in [-0.25, -0.2) is 0 Å². The van der Waals surface area contributed by atoms with Crippen molar-refractivity contribution in [3.8, 4) is 0 Å². The van der Waals surface area contributed by atoms with Gasteiger partial charge in [0.05, 0.1) is 5.02 Å². The number of hydrazine groups is 1. The number of carbonyl (C=O) groups is 2. The van der Waals surface area contributed by atoms with Gasteiger partial charge in [-0.2, -0.15) is 0 Å². The molecule has 1 aromatic carbocycles. The first-order valence-electron chi connectivity index (χ1n) is 6.64. The number of hydrogen-bond acceptors (Lipinski definition) is 4. The second kappa shape index (κ2) is 6.95. The minimum Gasteiger partial charge on any atom is -0.268 e. The summed E-state index contributed by atoms with van der Waals surface area (Å²) < 4.78 is 0.923. The minimum absolute atomic E-state index is 0.371. The summed E-state index contributed by atoms with van der Waals surface area (Å²) in [7, 11) is 0. The fraction of sp³-hybridized carbons (Fsp3) is 0. The van der Waals surface area contributed by atoms with Crippen LogP contribution in [0.5, 0.6) is 0 Å². The van der Waals surface area contributed by atoms with Crippen LogP contribution in [0.2, 0.25) is 5.02 Å². The monoisotopic (exact) mass is 362 g/mol. The van der Waals surface area contributed by atoms with Crippen LogP contribution < -0.4 is 10.9 Å². The van der Waals surface area contributed by atoms with Crippen LogP contribution in [-0.2, 0) is 4.79 Å². The topological polar surface area (TPSA) is 58.2 Å². The second-order valence-corrected chi connectivity index (χ2v) is 6.94. The Balaban J connectivity index is 1.64. The molecule has 2 amide bonds. The van der Waals surface area contributed by atoms with Crippen molar-refractivity contribution in [2.24, 2.45) is 0 Å². The molecule has 3 aromatic rings. The number of amides is 2. The average molecular weight is 363 g/mol. The number of halogens is 1. The predicted molar refractivity (Wildman–Crippen MR) is 95.8 cm³/mol. The van der Waals surface area contributed by atoms with Gasteiger partial charge in [-0.05, 0) is 23.6 Å². The Morgan fingerprint density at radius 3 is 2.65 bits per heavy atom. The van der Waals surface area contributed by atoms with E-state index in [1.165, 1.54) is 28.7 Å². The standard InChI is InChI=1S/C16H11ClN2O2S2/c17-14-11-5-1-2-6-12(11)23-15(14)16(21)19-18-13(20)8-7-10-4-3-9-22-10/h1-9H,(H,18,20)(H,19,21)/b8-7+. The van der Waals surface area contributed by atoms with Gasteiger partial charge in [0.15, 0.2) is 0 Å². The molecule has 0 saturated heterocycles. The lowest BCUT2D eigenvalue weighted by atomic mass is 10.2. The van der Waals surface area contributed by atoms with Gasteiger partial charge in [0.1, 0.15) is 4.88 Å². The molecule has 3 rings (SSSR count). The van der Waals surface area contributed by atoms with Gasteiger partial charge in [0.2, 0.25) is 0 Å². The second-order valence-electron chi connectivity index (χ2n) is 4.53. The molecule has 2 heterocycles. The summed E-state index contributed by atoms with van der Waals surface area (Å²) in [6, 6.07) is 11.3. The molecule has 0 spiro atoms. The number of benzene rings is 1. The Morgan fingerprint density at radius 2 is 1.91 bits per heavy atom. The molecule has 0 aliphatic carbocycles. The van der Waals surface area contributed by atoms with E-state index in [0.717, 1.165) is 15.0 Å². The normalized spacial score (nSPS) is 11.0. The summed E-state index contributed by atoms with van der Waals surface area (Å²) in [4.78, 5) is 25.2. The molecule has 0 saturated carbocycles. The summed E-state index contributed by atoms with van der Waals surface area (Å²) in [5.41, 5.74) is 4.71. The predicted octanol–water partition coefficient (Wildman–Crippen LogP) is 4.09. The molecule has 0 fully saturated rings. The fourth-order valence-electron chi connectivity index (χ4n) is 1.92. The molecule has 0 unspecified atom stereocenters. The van der Waals surface area contributed by atoms with Crippen LogP contribution in [0.25, 0.3) is 16.2 Å². The zero-order valence-corrected chi connectivity index (χ0v) is 14.1. The molecule has 0 bridgehead atoms. The molecule has 4 nitrogen and oxygen atoms in total. The van der Waals surface area contributed by atoms with Crippen molar-refractivity contribution in [3.05, 3.63) is 62.6 Å². The van der Waals surface area contributed by atoms with E-state index in [1.807, 2.05) is 41.8 Å². The van der Waals surface area contributed by atoms with Crippen LogP contribution in [0.3, 0.4) is 0 Å². The molecule has 0 aliphatic heterocycles. The molecule has 0 radical (unpaired) electrons. The molecule has 2 aromatic heterocycles.